The van der Waals surface area contributed by atoms with Crippen molar-refractivity contribution >= 4 is 11.8 Å². The van der Waals surface area contributed by atoms with Crippen molar-refractivity contribution in [1.82, 2.24) is 9.97 Å². The first-order valence-electron chi connectivity index (χ1n) is 6.00. The van der Waals surface area contributed by atoms with Crippen LogP contribution in [0.4, 0.5) is 5.82 Å². The van der Waals surface area contributed by atoms with Crippen molar-refractivity contribution in [3.05, 3.63) is 42.1 Å². The molecule has 2 rings (SSSR count). The van der Waals surface area contributed by atoms with Gasteiger partial charge in [0.05, 0.1) is 0 Å². The zero-order chi connectivity index (χ0) is 13.8. The molecule has 0 aliphatic rings. The Hall–Kier alpha value is -2.43. The summed E-state index contributed by atoms with van der Waals surface area (Å²) in [7, 11) is 1.81. The minimum atomic E-state index is -1.02. The molecule has 5 heteroatoms. The monoisotopic (exact) mass is 257 g/mol. The second-order valence-electron chi connectivity index (χ2n) is 4.12. The van der Waals surface area contributed by atoms with Crippen LogP contribution in [-0.4, -0.2) is 34.6 Å². The number of rotatable bonds is 4. The van der Waals surface area contributed by atoms with Crippen molar-refractivity contribution in [2.75, 3.05) is 18.5 Å². The molecule has 0 amide bonds. The van der Waals surface area contributed by atoms with E-state index >= 15 is 0 Å². The fourth-order valence-corrected chi connectivity index (χ4v) is 1.69. The van der Waals surface area contributed by atoms with E-state index in [4.69, 9.17) is 5.11 Å². The number of anilines is 1. The third kappa shape index (κ3) is 2.70. The summed E-state index contributed by atoms with van der Waals surface area (Å²) < 4.78 is 0. The predicted octanol–water partition coefficient (Wildman–Crippen LogP) is 2.30. The molecule has 0 unspecified atom stereocenters. The molecule has 0 saturated carbocycles. The summed E-state index contributed by atoms with van der Waals surface area (Å²) in [6.07, 6.45) is 1.36. The van der Waals surface area contributed by atoms with Gasteiger partial charge in [-0.1, -0.05) is 30.3 Å². The molecule has 0 radical (unpaired) electrons. The molecule has 19 heavy (non-hydrogen) atoms. The lowest BCUT2D eigenvalue weighted by Gasteiger charge is -2.18. The van der Waals surface area contributed by atoms with E-state index in [1.54, 1.807) is 4.90 Å². The van der Waals surface area contributed by atoms with Gasteiger partial charge in [0.1, 0.15) is 11.4 Å². The Balaban J connectivity index is 2.53. The summed E-state index contributed by atoms with van der Waals surface area (Å²) in [5, 5.41) is 9.16. The van der Waals surface area contributed by atoms with Crippen LogP contribution >= 0.6 is 0 Å². The highest BCUT2D eigenvalue weighted by Crippen LogP contribution is 2.21. The molecule has 0 aliphatic heterocycles. The quantitative estimate of drug-likeness (QED) is 0.910. The van der Waals surface area contributed by atoms with Crippen LogP contribution in [-0.2, 0) is 0 Å². The van der Waals surface area contributed by atoms with Crippen molar-refractivity contribution < 1.29 is 9.90 Å². The molecule has 98 valence electrons. The summed E-state index contributed by atoms with van der Waals surface area (Å²) in [6, 6.07) is 9.49. The van der Waals surface area contributed by atoms with Gasteiger partial charge in [0, 0.05) is 25.4 Å². The second kappa shape index (κ2) is 5.48. The summed E-state index contributed by atoms with van der Waals surface area (Å²) in [6.45, 7) is 2.61. The minimum Gasteiger partial charge on any atom is -0.477 e. The zero-order valence-electron chi connectivity index (χ0n) is 10.9. The Morgan fingerprint density at radius 2 is 2.00 bits per heavy atom. The third-order valence-corrected chi connectivity index (χ3v) is 2.87. The van der Waals surface area contributed by atoms with Crippen LogP contribution in [0.1, 0.15) is 17.3 Å². The van der Waals surface area contributed by atoms with Crippen LogP contribution in [0.5, 0.6) is 0 Å². The first kappa shape index (κ1) is 13.0. The summed E-state index contributed by atoms with van der Waals surface area (Å²) >= 11 is 0. The van der Waals surface area contributed by atoms with Gasteiger partial charge in [-0.15, -0.1) is 0 Å². The number of hydrogen-bond donors (Lipinski definition) is 1. The SMILES string of the molecule is CCN(C)c1nc(-c2ccccc2)ncc1C(=O)O. The van der Waals surface area contributed by atoms with Crippen LogP contribution in [0.3, 0.4) is 0 Å². The highest BCUT2D eigenvalue weighted by atomic mass is 16.4. The molecule has 0 bridgehead atoms. The predicted molar refractivity (Wildman–Crippen MR) is 73.4 cm³/mol. The first-order valence-corrected chi connectivity index (χ1v) is 6.00. The molecule has 1 N–H and O–H groups in total. The number of aromatic nitrogens is 2. The van der Waals surface area contributed by atoms with Gasteiger partial charge in [0.15, 0.2) is 5.82 Å². The first-order chi connectivity index (χ1) is 9.13. The van der Waals surface area contributed by atoms with Crippen LogP contribution in [0.25, 0.3) is 11.4 Å². The highest BCUT2D eigenvalue weighted by Gasteiger charge is 2.16. The van der Waals surface area contributed by atoms with E-state index in [0.29, 0.717) is 18.2 Å². The number of aromatic carboxylic acids is 1. The smallest absolute Gasteiger partial charge is 0.341 e. The maximum atomic E-state index is 11.2. The molecule has 0 atom stereocenters. The summed E-state index contributed by atoms with van der Waals surface area (Å²) in [5.41, 5.74) is 0.981. The number of carboxylic acids is 1. The molecule has 5 nitrogen and oxygen atoms in total. The van der Waals surface area contributed by atoms with Crippen LogP contribution in [0.2, 0.25) is 0 Å². The highest BCUT2D eigenvalue weighted by molar-refractivity contribution is 5.93. The maximum absolute atomic E-state index is 11.2. The van der Waals surface area contributed by atoms with Gasteiger partial charge in [0.2, 0.25) is 0 Å². The third-order valence-electron chi connectivity index (χ3n) is 2.87. The van der Waals surface area contributed by atoms with Gasteiger partial charge in [-0.25, -0.2) is 14.8 Å². The molecule has 1 heterocycles. The molecule has 1 aromatic heterocycles. The van der Waals surface area contributed by atoms with Gasteiger partial charge in [-0.3, -0.25) is 0 Å². The number of hydrogen-bond acceptors (Lipinski definition) is 4. The second-order valence-corrected chi connectivity index (χ2v) is 4.12. The summed E-state index contributed by atoms with van der Waals surface area (Å²) in [5.74, 6) is -0.0559. The van der Waals surface area contributed by atoms with E-state index in [-0.39, 0.29) is 5.56 Å². The topological polar surface area (TPSA) is 66.3 Å². The Morgan fingerprint density at radius 1 is 1.32 bits per heavy atom. The number of nitrogens with zero attached hydrogens (tertiary/aromatic N) is 3. The molecule has 2 aromatic rings. The number of benzene rings is 1. The Morgan fingerprint density at radius 3 is 2.58 bits per heavy atom. The van der Waals surface area contributed by atoms with Crippen LogP contribution in [0.15, 0.2) is 36.5 Å². The van der Waals surface area contributed by atoms with E-state index in [0.717, 1.165) is 5.56 Å². The van der Waals surface area contributed by atoms with Crippen molar-refractivity contribution in [2.45, 2.75) is 6.92 Å². The molecule has 0 fully saturated rings. The fourth-order valence-electron chi connectivity index (χ4n) is 1.69. The van der Waals surface area contributed by atoms with Gasteiger partial charge < -0.3 is 10.0 Å². The van der Waals surface area contributed by atoms with E-state index in [9.17, 15) is 4.79 Å². The normalized spacial score (nSPS) is 10.2. The van der Waals surface area contributed by atoms with Crippen molar-refractivity contribution in [3.63, 3.8) is 0 Å². The standard InChI is InChI=1S/C14H15N3O2/c1-3-17(2)13-11(14(18)19)9-15-12(16-13)10-7-5-4-6-8-10/h4-9H,3H2,1-2H3,(H,18,19). The molecule has 0 aliphatic carbocycles. The zero-order valence-corrected chi connectivity index (χ0v) is 10.9. The number of carboxylic acid groups (broad SMARTS) is 1. The van der Waals surface area contributed by atoms with Gasteiger partial charge >= 0.3 is 5.97 Å². The molecule has 1 aromatic carbocycles. The van der Waals surface area contributed by atoms with E-state index in [1.807, 2.05) is 44.3 Å². The largest absolute Gasteiger partial charge is 0.477 e. The Labute approximate surface area is 111 Å². The lowest BCUT2D eigenvalue weighted by atomic mass is 10.2. The van der Waals surface area contributed by atoms with E-state index < -0.39 is 5.97 Å². The molecular weight excluding hydrogens is 242 g/mol. The van der Waals surface area contributed by atoms with Gasteiger partial charge in [-0.2, -0.15) is 0 Å². The van der Waals surface area contributed by atoms with Gasteiger partial charge in [0.25, 0.3) is 0 Å². The Bertz CT molecular complexity index is 584. The van der Waals surface area contributed by atoms with Crippen molar-refractivity contribution in [2.24, 2.45) is 0 Å². The van der Waals surface area contributed by atoms with E-state index in [2.05, 4.69) is 9.97 Å². The molecular formula is C14H15N3O2. The van der Waals surface area contributed by atoms with Gasteiger partial charge in [-0.05, 0) is 6.92 Å². The number of carbonyl (C=O) groups is 1. The van der Waals surface area contributed by atoms with Crippen molar-refractivity contribution in [3.8, 4) is 11.4 Å². The molecule has 0 spiro atoms. The van der Waals surface area contributed by atoms with E-state index in [1.165, 1.54) is 6.20 Å². The van der Waals surface area contributed by atoms with Crippen LogP contribution in [0, 0.1) is 0 Å². The van der Waals surface area contributed by atoms with Crippen molar-refractivity contribution in [1.29, 1.82) is 0 Å². The Kier molecular flexibility index (Phi) is 3.75. The maximum Gasteiger partial charge on any atom is 0.341 e. The average molecular weight is 257 g/mol. The molecule has 0 saturated heterocycles. The van der Waals surface area contributed by atoms with Crippen LogP contribution < -0.4 is 4.90 Å². The average Bonchev–Trinajstić information content (AvgIpc) is 2.46. The lowest BCUT2D eigenvalue weighted by Crippen LogP contribution is -2.21. The minimum absolute atomic E-state index is 0.115. The summed E-state index contributed by atoms with van der Waals surface area (Å²) in [4.78, 5) is 21.5. The fraction of sp³-hybridized carbons (Fsp3) is 0.214. The lowest BCUT2D eigenvalue weighted by molar-refractivity contribution is 0.0697.